The molecule has 7 nitrogen and oxygen atoms in total. The molecular formula is C20H20N2O5S. The summed E-state index contributed by atoms with van der Waals surface area (Å²) in [5.74, 6) is -1.18. The molecule has 1 aliphatic heterocycles. The number of sulfone groups is 1. The van der Waals surface area contributed by atoms with Gasteiger partial charge in [0, 0.05) is 24.1 Å². The van der Waals surface area contributed by atoms with E-state index in [-0.39, 0.29) is 27.8 Å². The van der Waals surface area contributed by atoms with Crippen LogP contribution in [0.15, 0.2) is 47.4 Å². The second kappa shape index (κ2) is 7.55. The third kappa shape index (κ3) is 3.82. The van der Waals surface area contributed by atoms with Gasteiger partial charge in [-0.1, -0.05) is 13.3 Å². The van der Waals surface area contributed by atoms with Gasteiger partial charge in [-0.2, -0.15) is 0 Å². The first kappa shape index (κ1) is 19.8. The first-order valence-electron chi connectivity index (χ1n) is 8.84. The van der Waals surface area contributed by atoms with Gasteiger partial charge in [0.15, 0.2) is 9.84 Å². The number of hydrogen-bond donors (Lipinski definition) is 1. The molecule has 0 saturated carbocycles. The summed E-state index contributed by atoms with van der Waals surface area (Å²) >= 11 is 0. The first-order chi connectivity index (χ1) is 13.2. The van der Waals surface area contributed by atoms with Crippen LogP contribution in [0.3, 0.4) is 0 Å². The van der Waals surface area contributed by atoms with Crippen molar-refractivity contribution in [2.45, 2.75) is 24.7 Å². The van der Waals surface area contributed by atoms with Crippen LogP contribution >= 0.6 is 0 Å². The Balaban J connectivity index is 1.79. The fourth-order valence-electron chi connectivity index (χ4n) is 2.94. The maximum atomic E-state index is 12.5. The van der Waals surface area contributed by atoms with Gasteiger partial charge in [0.25, 0.3) is 17.7 Å². The summed E-state index contributed by atoms with van der Waals surface area (Å²) in [4.78, 5) is 38.7. The number of fused-ring (bicyclic) bond motifs is 1. The minimum atomic E-state index is -3.32. The van der Waals surface area contributed by atoms with Gasteiger partial charge in [0.1, 0.15) is 0 Å². The lowest BCUT2D eigenvalue weighted by atomic mass is 10.1. The van der Waals surface area contributed by atoms with Crippen LogP contribution in [-0.2, 0) is 9.84 Å². The number of carbonyl (C=O) groups excluding carboxylic acids is 3. The zero-order chi connectivity index (χ0) is 20.5. The molecule has 0 fully saturated rings. The number of rotatable bonds is 6. The van der Waals surface area contributed by atoms with E-state index in [4.69, 9.17) is 0 Å². The number of nitrogens with one attached hydrogen (secondary N) is 1. The van der Waals surface area contributed by atoms with Crippen LogP contribution in [0.25, 0.3) is 0 Å². The summed E-state index contributed by atoms with van der Waals surface area (Å²) in [6, 6.07) is 10.2. The van der Waals surface area contributed by atoms with Gasteiger partial charge in [-0.25, -0.2) is 8.42 Å². The van der Waals surface area contributed by atoms with Gasteiger partial charge in [-0.3, -0.25) is 19.3 Å². The number of benzene rings is 2. The summed E-state index contributed by atoms with van der Waals surface area (Å²) in [6.07, 6.45) is 2.69. The Morgan fingerprint density at radius 2 is 1.64 bits per heavy atom. The number of imide groups is 1. The topological polar surface area (TPSA) is 101 Å². The first-order valence-corrected chi connectivity index (χ1v) is 10.7. The highest BCUT2D eigenvalue weighted by molar-refractivity contribution is 7.90. The Morgan fingerprint density at radius 1 is 1.00 bits per heavy atom. The second-order valence-electron chi connectivity index (χ2n) is 6.63. The van der Waals surface area contributed by atoms with Crippen LogP contribution in [0.2, 0.25) is 0 Å². The zero-order valence-electron chi connectivity index (χ0n) is 15.6. The molecule has 0 aromatic heterocycles. The molecular weight excluding hydrogens is 380 g/mol. The normalized spacial score (nSPS) is 13.6. The van der Waals surface area contributed by atoms with E-state index in [0.717, 1.165) is 19.1 Å². The number of carbonyl (C=O) groups is 3. The second-order valence-corrected chi connectivity index (χ2v) is 8.64. The Bertz CT molecular complexity index is 1060. The van der Waals surface area contributed by atoms with E-state index in [0.29, 0.717) is 17.8 Å². The minimum Gasteiger partial charge on any atom is -0.322 e. The maximum absolute atomic E-state index is 12.5. The van der Waals surface area contributed by atoms with Crippen LogP contribution in [0.1, 0.15) is 50.8 Å². The molecule has 3 amide bonds. The average Bonchev–Trinajstić information content (AvgIpc) is 2.90. The number of amides is 3. The van der Waals surface area contributed by atoms with Crippen molar-refractivity contribution in [2.24, 2.45) is 0 Å². The van der Waals surface area contributed by atoms with Crippen LogP contribution in [0, 0.1) is 0 Å². The largest absolute Gasteiger partial charge is 0.322 e. The van der Waals surface area contributed by atoms with Gasteiger partial charge in [-0.05, 0) is 48.9 Å². The summed E-state index contributed by atoms with van der Waals surface area (Å²) in [6.45, 7) is 2.33. The van der Waals surface area contributed by atoms with E-state index in [1.807, 2.05) is 6.92 Å². The number of unbranched alkanes of at least 4 members (excludes halogenated alkanes) is 1. The third-order valence-corrected chi connectivity index (χ3v) is 5.64. The molecule has 0 atom stereocenters. The van der Waals surface area contributed by atoms with Crippen LogP contribution < -0.4 is 5.32 Å². The van der Waals surface area contributed by atoms with Crippen molar-refractivity contribution in [3.63, 3.8) is 0 Å². The maximum Gasteiger partial charge on any atom is 0.261 e. The van der Waals surface area contributed by atoms with Gasteiger partial charge in [0.05, 0.1) is 16.0 Å². The van der Waals surface area contributed by atoms with Crippen molar-refractivity contribution in [1.29, 1.82) is 0 Å². The predicted octanol–water partition coefficient (Wildman–Crippen LogP) is 2.74. The van der Waals surface area contributed by atoms with Crippen LogP contribution in [0.5, 0.6) is 0 Å². The number of anilines is 1. The van der Waals surface area contributed by atoms with Crippen molar-refractivity contribution < 1.29 is 22.8 Å². The Labute approximate surface area is 163 Å². The highest BCUT2D eigenvalue weighted by Crippen LogP contribution is 2.25. The Hall–Kier alpha value is -3.00. The van der Waals surface area contributed by atoms with Crippen molar-refractivity contribution in [3.8, 4) is 0 Å². The lowest BCUT2D eigenvalue weighted by molar-refractivity contribution is 0.0652. The molecule has 2 aromatic rings. The average molecular weight is 400 g/mol. The van der Waals surface area contributed by atoms with E-state index >= 15 is 0 Å². The molecule has 0 saturated heterocycles. The molecule has 0 radical (unpaired) electrons. The van der Waals surface area contributed by atoms with E-state index < -0.39 is 15.7 Å². The Kier molecular flexibility index (Phi) is 5.33. The summed E-state index contributed by atoms with van der Waals surface area (Å²) in [7, 11) is -3.32. The van der Waals surface area contributed by atoms with Gasteiger partial charge >= 0.3 is 0 Å². The van der Waals surface area contributed by atoms with E-state index in [1.54, 1.807) is 0 Å². The van der Waals surface area contributed by atoms with E-state index in [9.17, 15) is 22.8 Å². The standard InChI is InChI=1S/C20H20N2O5S/c1-3-4-11-22-19(24)16-10-5-13(12-17(16)20(22)25)18(23)21-14-6-8-15(9-7-14)28(2,26)27/h5-10,12H,3-4,11H2,1-2H3,(H,21,23). The molecule has 8 heteroatoms. The van der Waals surface area contributed by atoms with Crippen molar-refractivity contribution in [1.82, 2.24) is 4.90 Å². The molecule has 0 unspecified atom stereocenters. The molecule has 1 N–H and O–H groups in total. The lowest BCUT2D eigenvalue weighted by Gasteiger charge is -2.12. The van der Waals surface area contributed by atoms with Crippen LogP contribution in [-0.4, -0.2) is 43.8 Å². The van der Waals surface area contributed by atoms with E-state index in [1.165, 1.54) is 47.4 Å². The molecule has 2 aromatic carbocycles. The molecule has 0 aliphatic carbocycles. The summed E-state index contributed by atoms with van der Waals surface area (Å²) < 4.78 is 23.0. The van der Waals surface area contributed by atoms with Crippen LogP contribution in [0.4, 0.5) is 5.69 Å². The molecule has 0 spiro atoms. The van der Waals surface area contributed by atoms with Crippen molar-refractivity contribution in [3.05, 3.63) is 59.2 Å². The summed E-state index contributed by atoms with van der Waals surface area (Å²) in [5, 5.41) is 2.66. The van der Waals surface area contributed by atoms with Crippen molar-refractivity contribution in [2.75, 3.05) is 18.1 Å². The molecule has 1 heterocycles. The van der Waals surface area contributed by atoms with Gasteiger partial charge < -0.3 is 5.32 Å². The highest BCUT2D eigenvalue weighted by atomic mass is 32.2. The lowest BCUT2D eigenvalue weighted by Crippen LogP contribution is -2.30. The fraction of sp³-hybridized carbons (Fsp3) is 0.250. The molecule has 1 aliphatic rings. The fourth-order valence-corrected chi connectivity index (χ4v) is 3.57. The quantitative estimate of drug-likeness (QED) is 0.752. The van der Waals surface area contributed by atoms with Gasteiger partial charge in [0.2, 0.25) is 0 Å². The predicted molar refractivity (Wildman–Crippen MR) is 104 cm³/mol. The third-order valence-electron chi connectivity index (χ3n) is 4.51. The molecule has 3 rings (SSSR count). The van der Waals surface area contributed by atoms with Crippen molar-refractivity contribution >= 4 is 33.2 Å². The van der Waals surface area contributed by atoms with E-state index in [2.05, 4.69) is 5.32 Å². The monoisotopic (exact) mass is 400 g/mol. The molecule has 146 valence electrons. The summed E-state index contributed by atoms with van der Waals surface area (Å²) in [5.41, 5.74) is 1.19. The smallest absolute Gasteiger partial charge is 0.261 e. The SMILES string of the molecule is CCCCN1C(=O)c2ccc(C(=O)Nc3ccc(S(C)(=O)=O)cc3)cc2C1=O. The van der Waals surface area contributed by atoms with Gasteiger partial charge in [-0.15, -0.1) is 0 Å². The minimum absolute atomic E-state index is 0.152. The molecule has 0 bridgehead atoms. The Morgan fingerprint density at radius 3 is 2.25 bits per heavy atom. The number of nitrogens with zero attached hydrogens (tertiary/aromatic N) is 1. The molecule has 28 heavy (non-hydrogen) atoms. The zero-order valence-corrected chi connectivity index (χ0v) is 16.4. The number of hydrogen-bond acceptors (Lipinski definition) is 5. The highest BCUT2D eigenvalue weighted by Gasteiger charge is 2.35.